The van der Waals surface area contributed by atoms with E-state index in [2.05, 4.69) is 20.5 Å². The van der Waals surface area contributed by atoms with E-state index in [9.17, 15) is 4.79 Å². The number of nitrogens with zero attached hydrogens (tertiary/aromatic N) is 4. The van der Waals surface area contributed by atoms with Gasteiger partial charge in [-0.05, 0) is 62.3 Å². The van der Waals surface area contributed by atoms with Gasteiger partial charge in [0.15, 0.2) is 0 Å². The van der Waals surface area contributed by atoms with E-state index in [1.807, 2.05) is 42.6 Å². The van der Waals surface area contributed by atoms with E-state index in [1.165, 1.54) is 19.3 Å². The number of carbonyl (C=O) groups excluding carboxylic acids is 1. The van der Waals surface area contributed by atoms with Crippen LogP contribution in [0.3, 0.4) is 0 Å². The van der Waals surface area contributed by atoms with Crippen LogP contribution in [0.2, 0.25) is 0 Å². The Balaban J connectivity index is 1.25. The van der Waals surface area contributed by atoms with Gasteiger partial charge in [-0.3, -0.25) is 9.69 Å². The van der Waals surface area contributed by atoms with Crippen molar-refractivity contribution in [2.45, 2.75) is 38.9 Å². The molecule has 4 rings (SSSR count). The molecule has 0 bridgehead atoms. The lowest BCUT2D eigenvalue weighted by Gasteiger charge is -2.25. The van der Waals surface area contributed by atoms with Gasteiger partial charge in [0.25, 0.3) is 0 Å². The molecule has 1 aliphatic rings. The van der Waals surface area contributed by atoms with Crippen LogP contribution >= 0.6 is 0 Å². The first-order chi connectivity index (χ1) is 14.7. The topological polar surface area (TPSA) is 85.4 Å². The molecule has 0 spiro atoms. The average Bonchev–Trinajstić information content (AvgIpc) is 3.43. The zero-order chi connectivity index (χ0) is 20.8. The number of carbonyl (C=O) groups is 1. The fourth-order valence-electron chi connectivity index (χ4n) is 3.61. The maximum Gasteiger partial charge on any atom is 0.242 e. The summed E-state index contributed by atoms with van der Waals surface area (Å²) < 4.78 is 12.6. The number of hydrogen-bond acceptors (Lipinski definition) is 6. The summed E-state index contributed by atoms with van der Waals surface area (Å²) in [7, 11) is 1.64. The van der Waals surface area contributed by atoms with Gasteiger partial charge in [0, 0.05) is 12.1 Å². The molecule has 1 N–H and O–H groups in total. The molecule has 3 heterocycles. The minimum Gasteiger partial charge on any atom is -0.497 e. The highest BCUT2D eigenvalue weighted by molar-refractivity contribution is 5.75. The zero-order valence-electron chi connectivity index (χ0n) is 17.2. The summed E-state index contributed by atoms with van der Waals surface area (Å²) in [5, 5.41) is 11.1. The summed E-state index contributed by atoms with van der Waals surface area (Å²) in [5.74, 6) is 2.11. The highest BCUT2D eigenvalue weighted by atomic mass is 16.5. The van der Waals surface area contributed by atoms with Crippen LogP contribution in [0.25, 0.3) is 11.3 Å². The second-order valence-electron chi connectivity index (χ2n) is 7.52. The van der Waals surface area contributed by atoms with E-state index in [1.54, 1.807) is 11.8 Å². The Hall–Kier alpha value is -3.13. The standard InChI is InChI=1S/C22H27N5O3/c1-29-19-7-5-17(6-8-19)21-10-9-20(30-21)13-23-22(28)16-27-15-18(24-25-27)14-26-11-3-2-4-12-26/h5-10,15H,2-4,11-14,16H2,1H3,(H,23,28). The Morgan fingerprint density at radius 2 is 1.93 bits per heavy atom. The predicted octanol–water partition coefficient (Wildman–Crippen LogP) is 2.85. The van der Waals surface area contributed by atoms with Crippen molar-refractivity contribution in [2.75, 3.05) is 20.2 Å². The normalized spacial score (nSPS) is 14.6. The fourth-order valence-corrected chi connectivity index (χ4v) is 3.61. The summed E-state index contributed by atoms with van der Waals surface area (Å²) in [6.07, 6.45) is 5.64. The molecule has 0 atom stereocenters. The minimum atomic E-state index is -0.133. The van der Waals surface area contributed by atoms with Crippen LogP contribution in [-0.2, 0) is 24.4 Å². The second kappa shape index (κ2) is 9.58. The monoisotopic (exact) mass is 409 g/mol. The summed E-state index contributed by atoms with van der Waals surface area (Å²) in [6, 6.07) is 11.4. The number of benzene rings is 1. The quantitative estimate of drug-likeness (QED) is 0.616. The molecule has 1 aliphatic heterocycles. The average molecular weight is 409 g/mol. The third-order valence-corrected chi connectivity index (χ3v) is 5.22. The number of rotatable bonds is 8. The number of nitrogens with one attached hydrogen (secondary N) is 1. The molecule has 0 radical (unpaired) electrons. The van der Waals surface area contributed by atoms with Gasteiger partial charge in [-0.2, -0.15) is 0 Å². The largest absolute Gasteiger partial charge is 0.497 e. The van der Waals surface area contributed by atoms with Gasteiger partial charge in [0.05, 0.1) is 25.5 Å². The van der Waals surface area contributed by atoms with Crippen molar-refractivity contribution < 1.29 is 13.9 Å². The van der Waals surface area contributed by atoms with Gasteiger partial charge in [0.1, 0.15) is 23.8 Å². The lowest BCUT2D eigenvalue weighted by atomic mass is 10.1. The molecule has 0 unspecified atom stereocenters. The van der Waals surface area contributed by atoms with E-state index >= 15 is 0 Å². The van der Waals surface area contributed by atoms with Crippen molar-refractivity contribution in [3.8, 4) is 17.1 Å². The number of furan rings is 1. The van der Waals surface area contributed by atoms with Crippen molar-refractivity contribution in [1.82, 2.24) is 25.2 Å². The van der Waals surface area contributed by atoms with Crippen molar-refractivity contribution in [2.24, 2.45) is 0 Å². The summed E-state index contributed by atoms with van der Waals surface area (Å²) in [5.41, 5.74) is 1.86. The Morgan fingerprint density at radius 3 is 2.70 bits per heavy atom. The van der Waals surface area contributed by atoms with Gasteiger partial charge in [0.2, 0.25) is 5.91 Å². The van der Waals surface area contributed by atoms with Crippen LogP contribution < -0.4 is 10.1 Å². The van der Waals surface area contributed by atoms with Crippen molar-refractivity contribution in [1.29, 1.82) is 0 Å². The second-order valence-corrected chi connectivity index (χ2v) is 7.52. The molecular formula is C22H27N5O3. The molecule has 0 aliphatic carbocycles. The van der Waals surface area contributed by atoms with Crippen LogP contribution in [0.1, 0.15) is 30.7 Å². The predicted molar refractivity (Wildman–Crippen MR) is 112 cm³/mol. The van der Waals surface area contributed by atoms with Crippen molar-refractivity contribution in [3.63, 3.8) is 0 Å². The van der Waals surface area contributed by atoms with E-state index in [0.29, 0.717) is 12.3 Å². The van der Waals surface area contributed by atoms with Crippen LogP contribution in [0, 0.1) is 0 Å². The maximum absolute atomic E-state index is 12.3. The molecule has 3 aromatic rings. The molecule has 1 fully saturated rings. The highest BCUT2D eigenvalue weighted by Gasteiger charge is 2.13. The molecular weight excluding hydrogens is 382 g/mol. The van der Waals surface area contributed by atoms with E-state index in [-0.39, 0.29) is 12.5 Å². The van der Waals surface area contributed by atoms with E-state index in [4.69, 9.17) is 9.15 Å². The van der Waals surface area contributed by atoms with Crippen molar-refractivity contribution >= 4 is 5.91 Å². The Kier molecular flexibility index (Phi) is 6.44. The Morgan fingerprint density at radius 1 is 1.13 bits per heavy atom. The minimum absolute atomic E-state index is 0.133. The van der Waals surface area contributed by atoms with Crippen molar-refractivity contribution in [3.05, 3.63) is 54.0 Å². The molecule has 158 valence electrons. The van der Waals surface area contributed by atoms with Gasteiger partial charge in [-0.15, -0.1) is 5.10 Å². The molecule has 8 heteroatoms. The highest BCUT2D eigenvalue weighted by Crippen LogP contribution is 2.24. The number of hydrogen-bond donors (Lipinski definition) is 1. The summed E-state index contributed by atoms with van der Waals surface area (Å²) in [4.78, 5) is 14.7. The fraction of sp³-hybridized carbons (Fsp3) is 0.409. The molecule has 8 nitrogen and oxygen atoms in total. The molecule has 30 heavy (non-hydrogen) atoms. The third-order valence-electron chi connectivity index (χ3n) is 5.22. The lowest BCUT2D eigenvalue weighted by Crippen LogP contribution is -2.29. The number of methoxy groups -OCH3 is 1. The first-order valence-electron chi connectivity index (χ1n) is 10.3. The lowest BCUT2D eigenvalue weighted by molar-refractivity contribution is -0.122. The van der Waals surface area contributed by atoms with E-state index in [0.717, 1.165) is 42.4 Å². The van der Waals surface area contributed by atoms with Gasteiger partial charge < -0.3 is 14.5 Å². The molecule has 1 saturated heterocycles. The molecule has 1 amide bonds. The van der Waals surface area contributed by atoms with Gasteiger partial charge in [-0.1, -0.05) is 11.6 Å². The SMILES string of the molecule is COc1ccc(-c2ccc(CNC(=O)Cn3cc(CN4CCCCC4)nn3)o2)cc1. The Labute approximate surface area is 175 Å². The number of likely N-dealkylation sites (tertiary alicyclic amines) is 1. The first-order valence-corrected chi connectivity index (χ1v) is 10.3. The molecule has 2 aromatic heterocycles. The van der Waals surface area contributed by atoms with Crippen LogP contribution in [0.15, 0.2) is 47.0 Å². The van der Waals surface area contributed by atoms with E-state index < -0.39 is 0 Å². The van der Waals surface area contributed by atoms with Gasteiger partial charge >= 0.3 is 0 Å². The zero-order valence-corrected chi connectivity index (χ0v) is 17.2. The van der Waals surface area contributed by atoms with Gasteiger partial charge in [-0.25, -0.2) is 4.68 Å². The number of amides is 1. The number of piperidine rings is 1. The van der Waals surface area contributed by atoms with Crippen LogP contribution in [0.4, 0.5) is 0 Å². The third kappa shape index (κ3) is 5.27. The van der Waals surface area contributed by atoms with Crippen LogP contribution in [-0.4, -0.2) is 46.0 Å². The molecule has 1 aromatic carbocycles. The smallest absolute Gasteiger partial charge is 0.242 e. The Bertz CT molecular complexity index is 957. The van der Waals surface area contributed by atoms with Crippen LogP contribution in [0.5, 0.6) is 5.75 Å². The summed E-state index contributed by atoms with van der Waals surface area (Å²) in [6.45, 7) is 3.47. The first kappa shape index (κ1) is 20.2. The maximum atomic E-state index is 12.3. The molecule has 0 saturated carbocycles. The number of aromatic nitrogens is 3. The number of ether oxygens (including phenoxy) is 1. The summed E-state index contributed by atoms with van der Waals surface area (Å²) >= 11 is 0.